The number of hydrogen-bond acceptors (Lipinski definition) is 6. The van der Waals surface area contributed by atoms with Crippen molar-refractivity contribution in [3.8, 4) is 22.8 Å². The average Bonchev–Trinajstić information content (AvgIpc) is 3.06. The van der Waals surface area contributed by atoms with E-state index in [1.165, 1.54) is 5.56 Å². The first kappa shape index (κ1) is 14.1. The molecule has 114 valence electrons. The molecule has 2 aromatic heterocycles. The van der Waals surface area contributed by atoms with Gasteiger partial charge in [-0.1, -0.05) is 35.0 Å². The first-order valence-corrected chi connectivity index (χ1v) is 7.06. The molecule has 0 amide bonds. The second-order valence-electron chi connectivity index (χ2n) is 5.45. The number of nitrogens with zero attached hydrogens (tertiary/aromatic N) is 3. The molecule has 3 aromatic rings. The maximum Gasteiger partial charge on any atom is 0.265 e. The molecule has 1 aromatic carbocycles. The predicted octanol–water partition coefficient (Wildman–Crippen LogP) is 2.84. The molecular weight excluding hydrogens is 280 g/mol. The zero-order valence-corrected chi connectivity index (χ0v) is 12.7. The van der Waals surface area contributed by atoms with Gasteiger partial charge in [-0.25, -0.2) is 0 Å². The number of rotatable bonds is 4. The van der Waals surface area contributed by atoms with Crippen LogP contribution in [0.1, 0.15) is 19.4 Å². The van der Waals surface area contributed by atoms with Gasteiger partial charge in [0.25, 0.3) is 5.89 Å². The molecule has 0 saturated heterocycles. The van der Waals surface area contributed by atoms with Crippen molar-refractivity contribution in [2.24, 2.45) is 0 Å². The van der Waals surface area contributed by atoms with Crippen molar-refractivity contribution in [3.05, 3.63) is 29.8 Å². The Labute approximate surface area is 127 Å². The van der Waals surface area contributed by atoms with Gasteiger partial charge in [-0.2, -0.15) is 10.1 Å². The lowest BCUT2D eigenvalue weighted by molar-refractivity contribution is 0.432. The van der Waals surface area contributed by atoms with Crippen LogP contribution in [0, 0.1) is 6.92 Å². The van der Waals surface area contributed by atoms with Crippen LogP contribution in [0.2, 0.25) is 0 Å². The largest absolute Gasteiger partial charge is 0.383 e. The number of nitrogens with one attached hydrogen (secondary N) is 2. The Bertz CT molecular complexity index is 772. The molecule has 0 fully saturated rings. The highest BCUT2D eigenvalue weighted by atomic mass is 16.5. The molecular formula is C15H18N6O. The van der Waals surface area contributed by atoms with Crippen LogP contribution in [0.25, 0.3) is 22.8 Å². The molecule has 7 nitrogen and oxygen atoms in total. The van der Waals surface area contributed by atoms with Crippen LogP contribution in [0.5, 0.6) is 0 Å². The van der Waals surface area contributed by atoms with Crippen LogP contribution in [0.4, 0.5) is 11.6 Å². The summed E-state index contributed by atoms with van der Waals surface area (Å²) in [7, 11) is 0. The van der Waals surface area contributed by atoms with Crippen LogP contribution < -0.4 is 11.1 Å². The molecule has 2 heterocycles. The van der Waals surface area contributed by atoms with Gasteiger partial charge in [-0.3, -0.25) is 5.10 Å². The third-order valence-electron chi connectivity index (χ3n) is 3.17. The summed E-state index contributed by atoms with van der Waals surface area (Å²) in [5.41, 5.74) is 8.59. The van der Waals surface area contributed by atoms with Crippen LogP contribution in [-0.4, -0.2) is 26.4 Å². The molecule has 22 heavy (non-hydrogen) atoms. The van der Waals surface area contributed by atoms with Crippen molar-refractivity contribution in [1.29, 1.82) is 0 Å². The second kappa shape index (κ2) is 5.51. The Morgan fingerprint density at radius 2 is 1.95 bits per heavy atom. The minimum atomic E-state index is 0.209. The van der Waals surface area contributed by atoms with Gasteiger partial charge in [0.05, 0.1) is 0 Å². The van der Waals surface area contributed by atoms with Crippen molar-refractivity contribution in [1.82, 2.24) is 20.3 Å². The molecule has 0 atom stereocenters. The minimum Gasteiger partial charge on any atom is -0.383 e. The topological polar surface area (TPSA) is 106 Å². The molecule has 0 aliphatic heterocycles. The summed E-state index contributed by atoms with van der Waals surface area (Å²) >= 11 is 0. The number of nitrogens with two attached hydrogens (primary N) is 1. The van der Waals surface area contributed by atoms with Crippen molar-refractivity contribution >= 4 is 11.6 Å². The molecule has 4 N–H and O–H groups in total. The Balaban J connectivity index is 1.97. The second-order valence-corrected chi connectivity index (χ2v) is 5.45. The van der Waals surface area contributed by atoms with Gasteiger partial charge < -0.3 is 15.6 Å². The normalized spacial score (nSPS) is 11.1. The Kier molecular flexibility index (Phi) is 3.54. The van der Waals surface area contributed by atoms with E-state index in [2.05, 4.69) is 25.7 Å². The van der Waals surface area contributed by atoms with E-state index in [0.717, 1.165) is 5.56 Å². The lowest BCUT2D eigenvalue weighted by atomic mass is 10.1. The smallest absolute Gasteiger partial charge is 0.265 e. The predicted molar refractivity (Wildman–Crippen MR) is 85.2 cm³/mol. The maximum absolute atomic E-state index is 5.93. The Morgan fingerprint density at radius 3 is 2.64 bits per heavy atom. The van der Waals surface area contributed by atoms with E-state index in [-0.39, 0.29) is 6.04 Å². The van der Waals surface area contributed by atoms with Crippen molar-refractivity contribution in [2.75, 3.05) is 11.1 Å². The van der Waals surface area contributed by atoms with E-state index in [4.69, 9.17) is 10.3 Å². The lowest BCUT2D eigenvalue weighted by Crippen LogP contribution is -2.10. The van der Waals surface area contributed by atoms with Crippen molar-refractivity contribution in [3.63, 3.8) is 0 Å². The number of H-pyrrole nitrogens is 1. The van der Waals surface area contributed by atoms with Gasteiger partial charge in [-0.15, -0.1) is 0 Å². The molecule has 0 unspecified atom stereocenters. The summed E-state index contributed by atoms with van der Waals surface area (Å²) in [6.07, 6.45) is 0. The van der Waals surface area contributed by atoms with Crippen LogP contribution in [0.15, 0.2) is 28.8 Å². The van der Waals surface area contributed by atoms with Gasteiger partial charge in [0.1, 0.15) is 11.4 Å². The van der Waals surface area contributed by atoms with E-state index in [1.54, 1.807) is 0 Å². The van der Waals surface area contributed by atoms with Crippen molar-refractivity contribution in [2.45, 2.75) is 26.8 Å². The Morgan fingerprint density at radius 1 is 1.23 bits per heavy atom. The molecule has 0 saturated carbocycles. The molecule has 7 heteroatoms. The minimum absolute atomic E-state index is 0.209. The van der Waals surface area contributed by atoms with Gasteiger partial charge >= 0.3 is 0 Å². The number of aryl methyl sites for hydroxylation is 1. The quantitative estimate of drug-likeness (QED) is 0.684. The number of aromatic nitrogens is 4. The monoisotopic (exact) mass is 298 g/mol. The van der Waals surface area contributed by atoms with E-state index in [1.807, 2.05) is 45.0 Å². The van der Waals surface area contributed by atoms with E-state index >= 15 is 0 Å². The highest BCUT2D eigenvalue weighted by Gasteiger charge is 2.20. The first-order valence-electron chi connectivity index (χ1n) is 7.06. The highest BCUT2D eigenvalue weighted by Crippen LogP contribution is 2.32. The number of hydrogen-bond donors (Lipinski definition) is 3. The average molecular weight is 298 g/mol. The molecule has 0 radical (unpaired) electrons. The fraction of sp³-hybridized carbons (Fsp3) is 0.267. The zero-order valence-electron chi connectivity index (χ0n) is 12.7. The number of benzene rings is 1. The fourth-order valence-electron chi connectivity index (χ4n) is 2.09. The van der Waals surface area contributed by atoms with Crippen LogP contribution in [0.3, 0.4) is 0 Å². The highest BCUT2D eigenvalue weighted by molar-refractivity contribution is 5.80. The maximum atomic E-state index is 5.93. The SMILES string of the molecule is Cc1ccc(-c2noc(-c3c(NC(C)C)n[nH]c3N)n2)cc1. The van der Waals surface area contributed by atoms with Gasteiger partial charge in [0.2, 0.25) is 5.82 Å². The number of nitrogen functional groups attached to an aromatic ring is 1. The molecule has 0 bridgehead atoms. The number of anilines is 2. The summed E-state index contributed by atoms with van der Waals surface area (Å²) in [4.78, 5) is 4.42. The van der Waals surface area contributed by atoms with E-state index < -0.39 is 0 Å². The summed E-state index contributed by atoms with van der Waals surface area (Å²) in [5.74, 6) is 1.85. The third-order valence-corrected chi connectivity index (χ3v) is 3.17. The molecule has 0 aliphatic rings. The fourth-order valence-corrected chi connectivity index (χ4v) is 2.09. The van der Waals surface area contributed by atoms with Gasteiger partial charge in [0, 0.05) is 11.6 Å². The summed E-state index contributed by atoms with van der Waals surface area (Å²) in [5, 5.41) is 14.1. The summed E-state index contributed by atoms with van der Waals surface area (Å²) in [6, 6.07) is 8.12. The lowest BCUT2D eigenvalue weighted by Gasteiger charge is -2.06. The summed E-state index contributed by atoms with van der Waals surface area (Å²) < 4.78 is 5.36. The first-order chi connectivity index (χ1) is 10.5. The van der Waals surface area contributed by atoms with Crippen LogP contribution >= 0.6 is 0 Å². The van der Waals surface area contributed by atoms with Crippen LogP contribution in [-0.2, 0) is 0 Å². The standard InChI is InChI=1S/C15H18N6O/c1-8(2)17-14-11(12(16)19-20-14)15-18-13(21-22-15)10-6-4-9(3)5-7-10/h4-8H,1-3H3,(H4,16,17,19,20). The molecule has 0 aliphatic carbocycles. The molecule has 3 rings (SSSR count). The van der Waals surface area contributed by atoms with Crippen molar-refractivity contribution < 1.29 is 4.52 Å². The zero-order chi connectivity index (χ0) is 15.7. The summed E-state index contributed by atoms with van der Waals surface area (Å²) in [6.45, 7) is 6.06. The number of aromatic amines is 1. The Hall–Kier alpha value is -2.83. The molecule has 0 spiro atoms. The van der Waals surface area contributed by atoms with Gasteiger partial charge in [0.15, 0.2) is 5.82 Å². The van der Waals surface area contributed by atoms with E-state index in [9.17, 15) is 0 Å². The van der Waals surface area contributed by atoms with Gasteiger partial charge in [-0.05, 0) is 20.8 Å². The van der Waals surface area contributed by atoms with E-state index in [0.29, 0.717) is 28.9 Å². The third kappa shape index (κ3) is 2.65.